The number of rotatable bonds is 4. The Bertz CT molecular complexity index is 578. The van der Waals surface area contributed by atoms with Crippen molar-refractivity contribution in [2.45, 2.75) is 19.0 Å². The fourth-order valence-corrected chi connectivity index (χ4v) is 2.47. The lowest BCUT2D eigenvalue weighted by Crippen LogP contribution is -2.02. The van der Waals surface area contributed by atoms with Gasteiger partial charge in [-0.15, -0.1) is 0 Å². The van der Waals surface area contributed by atoms with Crippen LogP contribution >= 0.6 is 11.8 Å². The number of aliphatic carboxylic acids is 1. The lowest BCUT2D eigenvalue weighted by molar-refractivity contribution is -0.133. The summed E-state index contributed by atoms with van der Waals surface area (Å²) < 4.78 is 1.92. The number of aromatic nitrogens is 2. The van der Waals surface area contributed by atoms with Gasteiger partial charge in [0.2, 0.25) is 0 Å². The van der Waals surface area contributed by atoms with E-state index >= 15 is 0 Å². The second-order valence-electron chi connectivity index (χ2n) is 4.05. The molecule has 0 aliphatic heterocycles. The maximum absolute atomic E-state index is 10.6. The van der Waals surface area contributed by atoms with E-state index in [2.05, 4.69) is 11.1 Å². The molecular formula is C13H14N2O2S. The van der Waals surface area contributed by atoms with Gasteiger partial charge in [0.05, 0.1) is 11.4 Å². The van der Waals surface area contributed by atoms with Crippen molar-refractivity contribution in [3.63, 3.8) is 0 Å². The Morgan fingerprint density at radius 2 is 2.22 bits per heavy atom. The summed E-state index contributed by atoms with van der Waals surface area (Å²) in [5.41, 5.74) is 3.38. The van der Waals surface area contributed by atoms with Gasteiger partial charge in [-0.3, -0.25) is 9.36 Å². The van der Waals surface area contributed by atoms with E-state index in [-0.39, 0.29) is 5.75 Å². The predicted molar refractivity (Wildman–Crippen MR) is 71.4 cm³/mol. The maximum atomic E-state index is 10.6. The van der Waals surface area contributed by atoms with Crippen molar-refractivity contribution in [3.8, 4) is 5.69 Å². The SMILES string of the molecule is Cc1ccc(-n2ccnc2SCC(=O)O)c(C)c1. The van der Waals surface area contributed by atoms with Crippen molar-refractivity contribution in [1.82, 2.24) is 9.55 Å². The Morgan fingerprint density at radius 3 is 2.89 bits per heavy atom. The number of thioether (sulfide) groups is 1. The first-order chi connectivity index (χ1) is 8.58. The molecule has 0 fully saturated rings. The summed E-state index contributed by atoms with van der Waals surface area (Å²) in [7, 11) is 0. The third kappa shape index (κ3) is 2.73. The fourth-order valence-electron chi connectivity index (χ4n) is 1.78. The van der Waals surface area contributed by atoms with Gasteiger partial charge in [0.15, 0.2) is 5.16 Å². The molecule has 1 aromatic carbocycles. The second-order valence-corrected chi connectivity index (χ2v) is 4.99. The minimum absolute atomic E-state index is 0.0158. The number of carboxylic acid groups (broad SMARTS) is 1. The van der Waals surface area contributed by atoms with Crippen molar-refractivity contribution < 1.29 is 9.90 Å². The van der Waals surface area contributed by atoms with Crippen molar-refractivity contribution in [1.29, 1.82) is 0 Å². The molecule has 94 valence electrons. The summed E-state index contributed by atoms with van der Waals surface area (Å²) in [4.78, 5) is 14.8. The van der Waals surface area contributed by atoms with Gasteiger partial charge in [0, 0.05) is 12.4 Å². The molecule has 0 saturated carbocycles. The van der Waals surface area contributed by atoms with Gasteiger partial charge in [0.1, 0.15) is 0 Å². The highest BCUT2D eigenvalue weighted by Crippen LogP contribution is 2.23. The first kappa shape index (κ1) is 12.7. The molecular weight excluding hydrogens is 248 g/mol. The lowest BCUT2D eigenvalue weighted by atomic mass is 10.1. The molecule has 0 spiro atoms. The van der Waals surface area contributed by atoms with E-state index in [4.69, 9.17) is 5.11 Å². The zero-order valence-electron chi connectivity index (χ0n) is 10.3. The molecule has 1 aromatic heterocycles. The van der Waals surface area contributed by atoms with Gasteiger partial charge in [0.25, 0.3) is 0 Å². The van der Waals surface area contributed by atoms with Crippen LogP contribution in [0, 0.1) is 13.8 Å². The largest absolute Gasteiger partial charge is 0.481 e. The Labute approximate surface area is 110 Å². The van der Waals surface area contributed by atoms with Crippen LogP contribution in [0.1, 0.15) is 11.1 Å². The van der Waals surface area contributed by atoms with Crippen LogP contribution in [-0.4, -0.2) is 26.4 Å². The standard InChI is InChI=1S/C13H14N2O2S/c1-9-3-4-11(10(2)7-9)15-6-5-14-13(15)18-8-12(16)17/h3-7H,8H2,1-2H3,(H,16,17). The van der Waals surface area contributed by atoms with Crippen LogP contribution in [-0.2, 0) is 4.79 Å². The molecule has 0 aliphatic carbocycles. The minimum Gasteiger partial charge on any atom is -0.481 e. The van der Waals surface area contributed by atoms with Gasteiger partial charge in [-0.25, -0.2) is 4.98 Å². The Balaban J connectivity index is 2.33. The van der Waals surface area contributed by atoms with Crippen LogP contribution in [0.4, 0.5) is 0 Å². The number of imidazole rings is 1. The number of carbonyl (C=O) groups is 1. The number of benzene rings is 1. The normalized spacial score (nSPS) is 10.6. The molecule has 1 N–H and O–H groups in total. The number of carboxylic acids is 1. The third-order valence-electron chi connectivity index (χ3n) is 2.54. The monoisotopic (exact) mass is 262 g/mol. The summed E-state index contributed by atoms with van der Waals surface area (Å²) in [6.45, 7) is 4.08. The minimum atomic E-state index is -0.838. The summed E-state index contributed by atoms with van der Waals surface area (Å²) in [6.07, 6.45) is 3.53. The highest BCUT2D eigenvalue weighted by molar-refractivity contribution is 7.99. The van der Waals surface area contributed by atoms with E-state index < -0.39 is 5.97 Å². The highest BCUT2D eigenvalue weighted by atomic mass is 32.2. The molecule has 0 unspecified atom stereocenters. The van der Waals surface area contributed by atoms with Crippen LogP contribution in [0.3, 0.4) is 0 Å². The van der Waals surface area contributed by atoms with Crippen LogP contribution in [0.25, 0.3) is 5.69 Å². The predicted octanol–water partition coefficient (Wildman–Crippen LogP) is 2.67. The third-order valence-corrected chi connectivity index (χ3v) is 3.49. The van der Waals surface area contributed by atoms with E-state index in [0.29, 0.717) is 5.16 Å². The van der Waals surface area contributed by atoms with E-state index in [1.165, 1.54) is 17.3 Å². The number of nitrogens with zero attached hydrogens (tertiary/aromatic N) is 2. The molecule has 2 aromatic rings. The van der Waals surface area contributed by atoms with Gasteiger partial charge in [-0.05, 0) is 25.5 Å². The van der Waals surface area contributed by atoms with E-state index in [9.17, 15) is 4.79 Å². The van der Waals surface area contributed by atoms with Crippen molar-refractivity contribution in [2.75, 3.05) is 5.75 Å². The van der Waals surface area contributed by atoms with E-state index in [1.807, 2.05) is 36.7 Å². The zero-order chi connectivity index (χ0) is 13.1. The summed E-state index contributed by atoms with van der Waals surface area (Å²) in [5, 5.41) is 9.41. The molecule has 0 atom stereocenters. The number of hydrogen-bond acceptors (Lipinski definition) is 3. The van der Waals surface area contributed by atoms with Gasteiger partial charge in [-0.1, -0.05) is 29.5 Å². The molecule has 5 heteroatoms. The van der Waals surface area contributed by atoms with Gasteiger partial charge >= 0.3 is 5.97 Å². The molecule has 0 radical (unpaired) electrons. The smallest absolute Gasteiger partial charge is 0.313 e. The molecule has 18 heavy (non-hydrogen) atoms. The average molecular weight is 262 g/mol. The summed E-state index contributed by atoms with van der Waals surface area (Å²) >= 11 is 1.22. The fraction of sp³-hybridized carbons (Fsp3) is 0.231. The topological polar surface area (TPSA) is 55.1 Å². The molecule has 1 heterocycles. The first-order valence-electron chi connectivity index (χ1n) is 5.53. The van der Waals surface area contributed by atoms with E-state index in [0.717, 1.165) is 11.3 Å². The van der Waals surface area contributed by atoms with E-state index in [1.54, 1.807) is 6.20 Å². The number of hydrogen-bond donors (Lipinski definition) is 1. The Kier molecular flexibility index (Phi) is 3.72. The lowest BCUT2D eigenvalue weighted by Gasteiger charge is -2.10. The van der Waals surface area contributed by atoms with Gasteiger partial charge in [-0.2, -0.15) is 0 Å². The Morgan fingerprint density at radius 1 is 1.44 bits per heavy atom. The average Bonchev–Trinajstić information content (AvgIpc) is 2.74. The molecule has 4 nitrogen and oxygen atoms in total. The van der Waals surface area contributed by atoms with Crippen molar-refractivity contribution in [2.24, 2.45) is 0 Å². The van der Waals surface area contributed by atoms with Crippen LogP contribution in [0.5, 0.6) is 0 Å². The summed E-state index contributed by atoms with van der Waals surface area (Å²) in [5.74, 6) is -0.822. The highest BCUT2D eigenvalue weighted by Gasteiger charge is 2.09. The van der Waals surface area contributed by atoms with Crippen molar-refractivity contribution in [3.05, 3.63) is 41.7 Å². The molecule has 2 rings (SSSR count). The Hall–Kier alpha value is -1.75. The molecule has 0 bridgehead atoms. The van der Waals surface area contributed by atoms with Crippen LogP contribution in [0.2, 0.25) is 0 Å². The molecule has 0 amide bonds. The molecule has 0 aliphatic rings. The quantitative estimate of drug-likeness (QED) is 0.861. The number of aryl methyl sites for hydroxylation is 2. The molecule has 0 saturated heterocycles. The first-order valence-corrected chi connectivity index (χ1v) is 6.52. The second kappa shape index (κ2) is 5.27. The zero-order valence-corrected chi connectivity index (χ0v) is 11.1. The summed E-state index contributed by atoms with van der Waals surface area (Å²) in [6, 6.07) is 6.16. The van der Waals surface area contributed by atoms with Gasteiger partial charge < -0.3 is 5.11 Å². The van der Waals surface area contributed by atoms with Crippen LogP contribution in [0.15, 0.2) is 35.7 Å². The van der Waals surface area contributed by atoms with Crippen molar-refractivity contribution >= 4 is 17.7 Å². The van der Waals surface area contributed by atoms with Crippen LogP contribution < -0.4 is 0 Å². The maximum Gasteiger partial charge on any atom is 0.313 e.